The molecule has 0 spiro atoms. The Balaban J connectivity index is 1.16. The van der Waals surface area contributed by atoms with Gasteiger partial charge in [0.1, 0.15) is 0 Å². The summed E-state index contributed by atoms with van der Waals surface area (Å²) in [6.45, 7) is 0. The highest BCUT2D eigenvalue weighted by atomic mass is 32.1. The van der Waals surface area contributed by atoms with E-state index in [4.69, 9.17) is 24.9 Å². The zero-order valence-electron chi connectivity index (χ0n) is 27.4. The first-order valence-electron chi connectivity index (χ1n) is 16.7. The molecule has 52 heavy (non-hydrogen) atoms. The Hall–Kier alpha value is -6.66. The van der Waals surface area contributed by atoms with Crippen molar-refractivity contribution in [2.45, 2.75) is 0 Å². The first-order chi connectivity index (χ1) is 25.7. The predicted octanol–water partition coefficient (Wildman–Crippen LogP) is 11.6. The molecule has 4 aromatic heterocycles. The summed E-state index contributed by atoms with van der Waals surface area (Å²) in [4.78, 5) is 25.3. The van der Waals surface area contributed by atoms with E-state index in [1.165, 1.54) is 0 Å². The number of hydrogen-bond donors (Lipinski definition) is 0. The highest BCUT2D eigenvalue weighted by molar-refractivity contribution is 7.26. The van der Waals surface area contributed by atoms with Gasteiger partial charge >= 0.3 is 0 Å². The van der Waals surface area contributed by atoms with E-state index < -0.39 is 0 Å². The van der Waals surface area contributed by atoms with Gasteiger partial charge in [-0.05, 0) is 42.5 Å². The van der Waals surface area contributed by atoms with E-state index in [9.17, 15) is 5.26 Å². The zero-order chi connectivity index (χ0) is 34.6. The van der Waals surface area contributed by atoms with Gasteiger partial charge in [-0.15, -0.1) is 22.7 Å². The van der Waals surface area contributed by atoms with Crippen LogP contribution in [0.1, 0.15) is 5.56 Å². The van der Waals surface area contributed by atoms with E-state index >= 15 is 0 Å². The number of benzene rings is 6. The molecule has 4 heterocycles. The van der Waals surface area contributed by atoms with Crippen molar-refractivity contribution in [1.29, 1.82) is 5.26 Å². The molecule has 0 amide bonds. The fourth-order valence-electron chi connectivity index (χ4n) is 6.69. The van der Waals surface area contributed by atoms with Gasteiger partial charge in [-0.25, -0.2) is 24.9 Å². The highest BCUT2D eigenvalue weighted by Gasteiger charge is 2.20. The Bertz CT molecular complexity index is 2980. The second-order valence-electron chi connectivity index (χ2n) is 12.4. The summed E-state index contributed by atoms with van der Waals surface area (Å²) in [5.41, 5.74) is 6.99. The average molecular weight is 701 g/mol. The molecule has 0 bridgehead atoms. The van der Waals surface area contributed by atoms with Crippen LogP contribution in [0.2, 0.25) is 0 Å². The number of hydrogen-bond acceptors (Lipinski definition) is 8. The SMILES string of the molecule is N#Cc1cccc(-c2nc(-c3cccc4c3sc3ccc(-c5nc(-c6ccccc6)nc(-c6ccccc6)n5)cc34)nc3c2sc2ccccc23)c1. The number of nitrogens with zero attached hydrogens (tertiary/aromatic N) is 6. The Kier molecular flexibility index (Phi) is 7.13. The average Bonchev–Trinajstić information content (AvgIpc) is 3.79. The van der Waals surface area contributed by atoms with Crippen LogP contribution in [0.15, 0.2) is 146 Å². The van der Waals surface area contributed by atoms with Crippen molar-refractivity contribution in [2.24, 2.45) is 0 Å². The summed E-state index contributed by atoms with van der Waals surface area (Å²) in [7, 11) is 0. The van der Waals surface area contributed by atoms with Gasteiger partial charge in [-0.3, -0.25) is 0 Å². The lowest BCUT2D eigenvalue weighted by molar-refractivity contribution is 1.07. The summed E-state index contributed by atoms with van der Waals surface area (Å²) in [5, 5.41) is 13.0. The summed E-state index contributed by atoms with van der Waals surface area (Å²) in [6.07, 6.45) is 0. The highest BCUT2D eigenvalue weighted by Crippen LogP contribution is 2.43. The molecule has 0 fully saturated rings. The summed E-state index contributed by atoms with van der Waals surface area (Å²) in [6, 6.07) is 51.1. The molecule has 10 rings (SSSR count). The van der Waals surface area contributed by atoms with Crippen molar-refractivity contribution < 1.29 is 0 Å². The Morgan fingerprint density at radius 3 is 1.79 bits per heavy atom. The van der Waals surface area contributed by atoms with Gasteiger partial charge in [0, 0.05) is 58.1 Å². The minimum Gasteiger partial charge on any atom is -0.226 e. The largest absolute Gasteiger partial charge is 0.226 e. The lowest BCUT2D eigenvalue weighted by atomic mass is 10.0. The lowest BCUT2D eigenvalue weighted by Gasteiger charge is -2.09. The molecule has 6 nitrogen and oxygen atoms in total. The third-order valence-corrected chi connectivity index (χ3v) is 11.6. The van der Waals surface area contributed by atoms with Crippen LogP contribution < -0.4 is 0 Å². The molecule has 0 aliphatic heterocycles. The zero-order valence-corrected chi connectivity index (χ0v) is 29.0. The third kappa shape index (κ3) is 5.11. The van der Waals surface area contributed by atoms with E-state index in [1.807, 2.05) is 84.9 Å². The molecule has 0 N–H and O–H groups in total. The normalized spacial score (nSPS) is 11.4. The quantitative estimate of drug-likeness (QED) is 0.178. The Morgan fingerprint density at radius 2 is 1.04 bits per heavy atom. The van der Waals surface area contributed by atoms with Crippen molar-refractivity contribution in [3.05, 3.63) is 151 Å². The molecular weight excluding hydrogens is 677 g/mol. The molecule has 0 unspecified atom stereocenters. The smallest absolute Gasteiger partial charge is 0.164 e. The van der Waals surface area contributed by atoms with Crippen molar-refractivity contribution in [1.82, 2.24) is 24.9 Å². The fraction of sp³-hybridized carbons (Fsp3) is 0. The van der Waals surface area contributed by atoms with E-state index in [0.29, 0.717) is 28.9 Å². The maximum atomic E-state index is 9.69. The van der Waals surface area contributed by atoms with Crippen molar-refractivity contribution in [2.75, 3.05) is 0 Å². The second kappa shape index (κ2) is 12.3. The van der Waals surface area contributed by atoms with Crippen LogP contribution in [0.4, 0.5) is 0 Å². The minimum absolute atomic E-state index is 0.597. The number of nitriles is 1. The molecule has 6 aromatic carbocycles. The monoisotopic (exact) mass is 700 g/mol. The topological polar surface area (TPSA) is 88.2 Å². The minimum atomic E-state index is 0.597. The fourth-order valence-corrected chi connectivity index (χ4v) is 9.04. The maximum absolute atomic E-state index is 9.69. The summed E-state index contributed by atoms with van der Waals surface area (Å²) < 4.78 is 4.42. The van der Waals surface area contributed by atoms with Gasteiger partial charge in [-0.1, -0.05) is 103 Å². The molecule has 8 heteroatoms. The summed E-state index contributed by atoms with van der Waals surface area (Å²) >= 11 is 3.42. The van der Waals surface area contributed by atoms with Gasteiger partial charge in [0.25, 0.3) is 0 Å². The number of rotatable bonds is 5. The molecule has 0 aliphatic rings. The molecule has 0 saturated carbocycles. The van der Waals surface area contributed by atoms with Crippen LogP contribution in [0.3, 0.4) is 0 Å². The lowest BCUT2D eigenvalue weighted by Crippen LogP contribution is -2.00. The Morgan fingerprint density at radius 1 is 0.423 bits per heavy atom. The summed E-state index contributed by atoms with van der Waals surface area (Å²) in [5.74, 6) is 2.54. The first-order valence-corrected chi connectivity index (χ1v) is 18.4. The van der Waals surface area contributed by atoms with Crippen LogP contribution in [-0.2, 0) is 0 Å². The van der Waals surface area contributed by atoms with Crippen LogP contribution in [0, 0.1) is 11.3 Å². The number of thiophene rings is 2. The second-order valence-corrected chi connectivity index (χ2v) is 14.5. The molecule has 0 radical (unpaired) electrons. The van der Waals surface area contributed by atoms with Crippen molar-refractivity contribution in [3.63, 3.8) is 0 Å². The maximum Gasteiger partial charge on any atom is 0.164 e. The predicted molar refractivity (Wildman–Crippen MR) is 213 cm³/mol. The van der Waals surface area contributed by atoms with Crippen LogP contribution in [-0.4, -0.2) is 24.9 Å². The molecule has 242 valence electrons. The van der Waals surface area contributed by atoms with Crippen LogP contribution >= 0.6 is 22.7 Å². The van der Waals surface area contributed by atoms with Gasteiger partial charge in [0.15, 0.2) is 23.3 Å². The van der Waals surface area contributed by atoms with Gasteiger partial charge in [-0.2, -0.15) is 5.26 Å². The Labute approximate surface area is 306 Å². The van der Waals surface area contributed by atoms with Crippen LogP contribution in [0.25, 0.3) is 97.3 Å². The van der Waals surface area contributed by atoms with E-state index in [0.717, 1.165) is 74.0 Å². The van der Waals surface area contributed by atoms with Crippen molar-refractivity contribution in [3.8, 4) is 62.9 Å². The third-order valence-electron chi connectivity index (χ3n) is 9.18. The van der Waals surface area contributed by atoms with E-state index in [2.05, 4.69) is 66.7 Å². The first kappa shape index (κ1) is 30.2. The number of aromatic nitrogens is 5. The molecular formula is C44H24N6S2. The van der Waals surface area contributed by atoms with Gasteiger partial charge in [0.05, 0.1) is 27.5 Å². The molecule has 0 saturated heterocycles. The molecule has 0 aliphatic carbocycles. The van der Waals surface area contributed by atoms with Crippen molar-refractivity contribution >= 4 is 63.1 Å². The molecule has 0 atom stereocenters. The molecule has 10 aromatic rings. The van der Waals surface area contributed by atoms with Crippen LogP contribution in [0.5, 0.6) is 0 Å². The van der Waals surface area contributed by atoms with E-state index in [-0.39, 0.29) is 0 Å². The standard InChI is InChI=1S/C44H24N6S2/c45-25-26-11-9-16-29(23-26)37-40-38(32-17-7-8-20-35(32)52-40)47-44(46-37)33-19-10-18-31-34-24-30(21-22-36(34)51-39(31)33)43-49-41(27-12-3-1-4-13-27)48-42(50-43)28-14-5-2-6-15-28/h1-24H. The van der Waals surface area contributed by atoms with Gasteiger partial charge < -0.3 is 0 Å². The number of fused-ring (bicyclic) bond motifs is 6. The van der Waals surface area contributed by atoms with E-state index in [1.54, 1.807) is 22.7 Å². The van der Waals surface area contributed by atoms with Gasteiger partial charge in [0.2, 0.25) is 0 Å².